The summed E-state index contributed by atoms with van der Waals surface area (Å²) < 4.78 is 11.4. The van der Waals surface area contributed by atoms with Crippen LogP contribution < -0.4 is 10.1 Å². The average Bonchev–Trinajstić information content (AvgIpc) is 2.33. The summed E-state index contributed by atoms with van der Waals surface area (Å²) in [5.41, 5.74) is 0.893. The molecule has 0 aromatic heterocycles. The van der Waals surface area contributed by atoms with Gasteiger partial charge in [0.25, 0.3) is 0 Å². The molecule has 0 fully saturated rings. The summed E-state index contributed by atoms with van der Waals surface area (Å²) in [6.07, 6.45) is -0.400. The molecule has 0 aliphatic carbocycles. The van der Waals surface area contributed by atoms with Crippen molar-refractivity contribution in [3.8, 4) is 5.75 Å². The number of aliphatic hydroxyl groups excluding tert-OH is 1. The first kappa shape index (κ1) is 15.3. The van der Waals surface area contributed by atoms with E-state index in [0.717, 1.165) is 15.9 Å². The maximum Gasteiger partial charge on any atom is 0.122 e. The number of anilines is 1. The predicted octanol–water partition coefficient (Wildman–Crippen LogP) is 2.66. The molecule has 1 aromatic carbocycles. The van der Waals surface area contributed by atoms with Crippen molar-refractivity contribution >= 4 is 21.6 Å². The average molecular weight is 318 g/mol. The van der Waals surface area contributed by atoms with Crippen LogP contribution in [0.2, 0.25) is 0 Å². The van der Waals surface area contributed by atoms with Crippen molar-refractivity contribution < 1.29 is 14.6 Å². The molecular formula is C13H20BrNO3. The molecule has 1 aromatic rings. The van der Waals surface area contributed by atoms with Crippen LogP contribution in [0.5, 0.6) is 5.75 Å². The van der Waals surface area contributed by atoms with Crippen LogP contribution in [-0.2, 0) is 4.74 Å². The van der Waals surface area contributed by atoms with Crippen molar-refractivity contribution in [3.05, 3.63) is 22.7 Å². The minimum atomic E-state index is -0.530. The van der Waals surface area contributed by atoms with Crippen LogP contribution in [0.25, 0.3) is 0 Å². The fourth-order valence-corrected chi connectivity index (χ4v) is 1.85. The van der Waals surface area contributed by atoms with Gasteiger partial charge in [0, 0.05) is 22.8 Å². The zero-order valence-corrected chi connectivity index (χ0v) is 12.5. The normalized spacial score (nSPS) is 12.6. The van der Waals surface area contributed by atoms with Crippen molar-refractivity contribution in [2.45, 2.75) is 26.1 Å². The molecule has 1 unspecified atom stereocenters. The lowest BCUT2D eigenvalue weighted by Crippen LogP contribution is -2.26. The third kappa shape index (κ3) is 5.71. The molecule has 0 aliphatic rings. The van der Waals surface area contributed by atoms with Crippen LogP contribution in [0.3, 0.4) is 0 Å². The van der Waals surface area contributed by atoms with Crippen molar-refractivity contribution in [2.75, 3.05) is 25.6 Å². The number of aliphatic hydroxyl groups is 1. The Morgan fingerprint density at radius 2 is 2.06 bits per heavy atom. The van der Waals surface area contributed by atoms with E-state index in [-0.39, 0.29) is 6.10 Å². The third-order valence-corrected chi connectivity index (χ3v) is 2.73. The van der Waals surface area contributed by atoms with E-state index in [2.05, 4.69) is 21.2 Å². The highest BCUT2D eigenvalue weighted by Gasteiger charge is 2.06. The summed E-state index contributed by atoms with van der Waals surface area (Å²) in [5.74, 6) is 0.764. The van der Waals surface area contributed by atoms with Gasteiger partial charge < -0.3 is 19.9 Å². The van der Waals surface area contributed by atoms with E-state index in [1.807, 2.05) is 32.0 Å². The SMILES string of the molecule is COc1cc(Br)cc(NCC(O)COC(C)C)c1. The Kier molecular flexibility index (Phi) is 6.46. The number of methoxy groups -OCH3 is 1. The second kappa shape index (κ2) is 7.61. The molecule has 0 aliphatic heterocycles. The van der Waals surface area contributed by atoms with E-state index in [1.165, 1.54) is 0 Å². The molecule has 102 valence electrons. The van der Waals surface area contributed by atoms with E-state index in [1.54, 1.807) is 7.11 Å². The van der Waals surface area contributed by atoms with Crippen LogP contribution >= 0.6 is 15.9 Å². The van der Waals surface area contributed by atoms with Gasteiger partial charge in [0.05, 0.1) is 25.9 Å². The van der Waals surface area contributed by atoms with E-state index in [4.69, 9.17) is 9.47 Å². The number of rotatable bonds is 7. The van der Waals surface area contributed by atoms with Crippen LogP contribution in [0.4, 0.5) is 5.69 Å². The molecule has 18 heavy (non-hydrogen) atoms. The van der Waals surface area contributed by atoms with Crippen molar-refractivity contribution in [1.29, 1.82) is 0 Å². The molecule has 0 radical (unpaired) electrons. The van der Waals surface area contributed by atoms with Crippen LogP contribution in [-0.4, -0.2) is 37.6 Å². The van der Waals surface area contributed by atoms with Crippen molar-refractivity contribution in [2.24, 2.45) is 0 Å². The van der Waals surface area contributed by atoms with Crippen LogP contribution in [0, 0.1) is 0 Å². The van der Waals surface area contributed by atoms with E-state index in [9.17, 15) is 5.11 Å². The van der Waals surface area contributed by atoms with E-state index >= 15 is 0 Å². The van der Waals surface area contributed by atoms with Gasteiger partial charge in [-0.1, -0.05) is 15.9 Å². The highest BCUT2D eigenvalue weighted by Crippen LogP contribution is 2.24. The molecule has 5 heteroatoms. The lowest BCUT2D eigenvalue weighted by molar-refractivity contribution is 0.0112. The number of nitrogens with one attached hydrogen (secondary N) is 1. The van der Waals surface area contributed by atoms with E-state index < -0.39 is 6.10 Å². The Morgan fingerprint density at radius 3 is 2.67 bits per heavy atom. The first-order valence-corrected chi connectivity index (χ1v) is 6.68. The minimum Gasteiger partial charge on any atom is -0.497 e. The van der Waals surface area contributed by atoms with Crippen LogP contribution in [0.1, 0.15) is 13.8 Å². The summed E-state index contributed by atoms with van der Waals surface area (Å²) in [4.78, 5) is 0. The maximum absolute atomic E-state index is 9.72. The van der Waals surface area contributed by atoms with Gasteiger partial charge in [0.1, 0.15) is 5.75 Å². The molecule has 1 rings (SSSR count). The highest BCUT2D eigenvalue weighted by molar-refractivity contribution is 9.10. The highest BCUT2D eigenvalue weighted by atomic mass is 79.9. The van der Waals surface area contributed by atoms with Crippen molar-refractivity contribution in [3.63, 3.8) is 0 Å². The predicted molar refractivity (Wildman–Crippen MR) is 76.3 cm³/mol. The molecule has 0 saturated heterocycles. The zero-order chi connectivity index (χ0) is 13.5. The number of hydrogen-bond donors (Lipinski definition) is 2. The molecule has 4 nitrogen and oxygen atoms in total. The molecule has 0 bridgehead atoms. The molecule has 0 amide bonds. The number of halogens is 1. The van der Waals surface area contributed by atoms with Gasteiger partial charge in [-0.2, -0.15) is 0 Å². The monoisotopic (exact) mass is 317 g/mol. The smallest absolute Gasteiger partial charge is 0.122 e. The molecule has 0 spiro atoms. The van der Waals surface area contributed by atoms with Gasteiger partial charge >= 0.3 is 0 Å². The Bertz CT molecular complexity index is 371. The maximum atomic E-state index is 9.72. The summed E-state index contributed by atoms with van der Waals surface area (Å²) in [7, 11) is 1.62. The Morgan fingerprint density at radius 1 is 1.33 bits per heavy atom. The first-order valence-electron chi connectivity index (χ1n) is 5.89. The second-order valence-corrected chi connectivity index (χ2v) is 5.21. The summed E-state index contributed by atoms with van der Waals surface area (Å²) in [6.45, 7) is 4.65. The summed E-state index contributed by atoms with van der Waals surface area (Å²) in [6, 6.07) is 5.68. The summed E-state index contributed by atoms with van der Waals surface area (Å²) >= 11 is 3.40. The quantitative estimate of drug-likeness (QED) is 0.811. The molecule has 2 N–H and O–H groups in total. The van der Waals surface area contributed by atoms with Gasteiger partial charge in [0.2, 0.25) is 0 Å². The lowest BCUT2D eigenvalue weighted by Gasteiger charge is -2.15. The number of benzene rings is 1. The van der Waals surface area contributed by atoms with E-state index in [0.29, 0.717) is 13.2 Å². The topological polar surface area (TPSA) is 50.7 Å². The molecular weight excluding hydrogens is 298 g/mol. The molecule has 0 saturated carbocycles. The first-order chi connectivity index (χ1) is 8.51. The largest absolute Gasteiger partial charge is 0.497 e. The molecule has 1 atom stereocenters. The van der Waals surface area contributed by atoms with Crippen LogP contribution in [0.15, 0.2) is 22.7 Å². The van der Waals surface area contributed by atoms with Gasteiger partial charge in [-0.05, 0) is 26.0 Å². The van der Waals surface area contributed by atoms with Gasteiger partial charge in [0.15, 0.2) is 0 Å². The Labute approximate surface area is 116 Å². The fraction of sp³-hybridized carbons (Fsp3) is 0.538. The molecule has 0 heterocycles. The standard InChI is InChI=1S/C13H20BrNO3/c1-9(2)18-8-12(16)7-15-11-4-10(14)5-13(6-11)17-3/h4-6,9,12,15-16H,7-8H2,1-3H3. The minimum absolute atomic E-state index is 0.130. The fourth-order valence-electron chi connectivity index (χ4n) is 1.38. The van der Waals surface area contributed by atoms with Gasteiger partial charge in [-0.15, -0.1) is 0 Å². The number of ether oxygens (including phenoxy) is 2. The third-order valence-electron chi connectivity index (χ3n) is 2.27. The number of hydrogen-bond acceptors (Lipinski definition) is 4. The van der Waals surface area contributed by atoms with Gasteiger partial charge in [-0.3, -0.25) is 0 Å². The zero-order valence-electron chi connectivity index (χ0n) is 10.9. The van der Waals surface area contributed by atoms with Crippen molar-refractivity contribution in [1.82, 2.24) is 0 Å². The second-order valence-electron chi connectivity index (χ2n) is 4.30. The Balaban J connectivity index is 2.45. The lowest BCUT2D eigenvalue weighted by atomic mass is 10.3. The van der Waals surface area contributed by atoms with Gasteiger partial charge in [-0.25, -0.2) is 0 Å². The Hall–Kier alpha value is -0.780. The summed E-state index contributed by atoms with van der Waals surface area (Å²) in [5, 5.41) is 12.9.